The maximum Gasteiger partial charge on any atom is 0.0758 e. The topological polar surface area (TPSA) is 20.2 Å². The maximum atomic E-state index is 9.47. The number of aliphatic hydroxyl groups is 1. The number of allylic oxidation sites excluding steroid dienone is 2. The predicted octanol–water partition coefficient (Wildman–Crippen LogP) is 5.57. The minimum absolute atomic E-state index is 0.00431. The van der Waals surface area contributed by atoms with Crippen LogP contribution in [0.4, 0.5) is 0 Å². The first kappa shape index (κ1) is 18.7. The summed E-state index contributed by atoms with van der Waals surface area (Å²) in [5.41, 5.74) is 3.89. The predicted molar refractivity (Wildman–Crippen MR) is 97.2 cm³/mol. The van der Waals surface area contributed by atoms with Gasteiger partial charge in [0.2, 0.25) is 0 Å². The normalized spacial score (nSPS) is 17.8. The fraction of sp³-hybridized carbons (Fsp3) is 0.524. The minimum atomic E-state index is -0.312. The van der Waals surface area contributed by atoms with Crippen LogP contribution >= 0.6 is 0 Å². The van der Waals surface area contributed by atoms with Crippen LogP contribution in [-0.2, 0) is 5.41 Å². The number of aryl methyl sites for hydroxylation is 1. The molecule has 1 aliphatic rings. The summed E-state index contributed by atoms with van der Waals surface area (Å²) in [6.07, 6.45) is 7.79. The van der Waals surface area contributed by atoms with Crippen LogP contribution in [0.5, 0.6) is 0 Å². The molecule has 122 valence electrons. The molecule has 1 N–H and O–H groups in total. The largest absolute Gasteiger partial charge is 0.389 e. The van der Waals surface area contributed by atoms with Crippen LogP contribution in [0.2, 0.25) is 0 Å². The zero-order valence-corrected chi connectivity index (χ0v) is 15.1. The molecule has 1 aliphatic carbocycles. The SMILES string of the molecule is CCC(C)C.Cc1ccc(C(C)(C)C2=CCC(O)C=C2)cc1. The molecular weight excluding hydrogens is 268 g/mol. The number of aliphatic hydroxyl groups excluding tert-OH is 1. The Morgan fingerprint density at radius 1 is 1.18 bits per heavy atom. The van der Waals surface area contributed by atoms with Gasteiger partial charge in [0.15, 0.2) is 0 Å². The van der Waals surface area contributed by atoms with Crippen molar-refractivity contribution < 1.29 is 5.11 Å². The van der Waals surface area contributed by atoms with Gasteiger partial charge in [0.1, 0.15) is 0 Å². The van der Waals surface area contributed by atoms with Gasteiger partial charge < -0.3 is 5.11 Å². The lowest BCUT2D eigenvalue weighted by Crippen LogP contribution is -2.21. The first-order valence-electron chi connectivity index (χ1n) is 8.41. The van der Waals surface area contributed by atoms with E-state index < -0.39 is 0 Å². The second-order valence-corrected chi connectivity index (χ2v) is 7.11. The molecular formula is C21H32O. The molecule has 1 heteroatoms. The summed E-state index contributed by atoms with van der Waals surface area (Å²) in [7, 11) is 0. The van der Waals surface area contributed by atoms with Gasteiger partial charge in [0, 0.05) is 5.41 Å². The van der Waals surface area contributed by atoms with E-state index in [2.05, 4.69) is 71.9 Å². The van der Waals surface area contributed by atoms with E-state index in [4.69, 9.17) is 0 Å². The fourth-order valence-corrected chi connectivity index (χ4v) is 2.21. The summed E-state index contributed by atoms with van der Waals surface area (Å²) in [5.74, 6) is 0.884. The quantitative estimate of drug-likeness (QED) is 0.773. The molecule has 0 bridgehead atoms. The van der Waals surface area contributed by atoms with Crippen molar-refractivity contribution in [1.29, 1.82) is 0 Å². The zero-order valence-electron chi connectivity index (χ0n) is 15.1. The molecule has 0 heterocycles. The fourth-order valence-electron chi connectivity index (χ4n) is 2.21. The molecule has 1 atom stereocenters. The Bertz CT molecular complexity index is 503. The highest BCUT2D eigenvalue weighted by atomic mass is 16.3. The number of rotatable bonds is 3. The number of hydrogen-bond acceptors (Lipinski definition) is 1. The highest BCUT2D eigenvalue weighted by Crippen LogP contribution is 2.34. The molecule has 1 aromatic carbocycles. The average molecular weight is 300 g/mol. The molecule has 22 heavy (non-hydrogen) atoms. The smallest absolute Gasteiger partial charge is 0.0758 e. The molecule has 0 saturated carbocycles. The molecule has 0 saturated heterocycles. The second kappa shape index (κ2) is 8.33. The van der Waals surface area contributed by atoms with Crippen LogP contribution in [0.25, 0.3) is 0 Å². The van der Waals surface area contributed by atoms with Gasteiger partial charge in [-0.15, -0.1) is 0 Å². The van der Waals surface area contributed by atoms with E-state index in [-0.39, 0.29) is 11.5 Å². The van der Waals surface area contributed by atoms with Gasteiger partial charge in [-0.1, -0.05) is 89.1 Å². The van der Waals surface area contributed by atoms with Crippen molar-refractivity contribution >= 4 is 0 Å². The summed E-state index contributed by atoms with van der Waals surface area (Å²) in [6.45, 7) is 13.2. The lowest BCUT2D eigenvalue weighted by atomic mass is 9.75. The summed E-state index contributed by atoms with van der Waals surface area (Å²) in [5, 5.41) is 9.47. The molecule has 0 fully saturated rings. The van der Waals surface area contributed by atoms with E-state index in [1.807, 2.05) is 12.2 Å². The molecule has 0 spiro atoms. The van der Waals surface area contributed by atoms with Crippen molar-refractivity contribution in [3.8, 4) is 0 Å². The minimum Gasteiger partial charge on any atom is -0.389 e. The molecule has 0 aliphatic heterocycles. The summed E-state index contributed by atoms with van der Waals surface area (Å²) >= 11 is 0. The van der Waals surface area contributed by atoms with E-state index in [0.29, 0.717) is 0 Å². The average Bonchev–Trinajstić information content (AvgIpc) is 2.48. The van der Waals surface area contributed by atoms with Crippen LogP contribution in [0, 0.1) is 12.8 Å². The molecule has 2 rings (SSSR count). The Kier molecular flexibility index (Phi) is 7.09. The standard InChI is InChI=1S/C16H20O.C5H12/c1-12-4-6-13(7-5-12)16(2,3)14-8-10-15(17)11-9-14;1-4-5(2)3/h4-10,15,17H,11H2,1-3H3;5H,4H2,1-3H3. The van der Waals surface area contributed by atoms with Gasteiger partial charge in [0.25, 0.3) is 0 Å². The highest BCUT2D eigenvalue weighted by molar-refractivity contribution is 5.42. The Morgan fingerprint density at radius 3 is 2.14 bits per heavy atom. The van der Waals surface area contributed by atoms with E-state index in [0.717, 1.165) is 12.3 Å². The number of benzene rings is 1. The second-order valence-electron chi connectivity index (χ2n) is 7.11. The molecule has 1 nitrogen and oxygen atoms in total. The molecule has 0 amide bonds. The third-order valence-corrected chi connectivity index (χ3v) is 4.39. The van der Waals surface area contributed by atoms with Crippen molar-refractivity contribution in [2.45, 2.75) is 65.9 Å². The van der Waals surface area contributed by atoms with Crippen molar-refractivity contribution in [2.75, 3.05) is 0 Å². The molecule has 0 radical (unpaired) electrons. The first-order valence-corrected chi connectivity index (χ1v) is 8.41. The van der Waals surface area contributed by atoms with E-state index in [9.17, 15) is 5.11 Å². The van der Waals surface area contributed by atoms with Gasteiger partial charge in [-0.3, -0.25) is 0 Å². The van der Waals surface area contributed by atoms with E-state index in [1.165, 1.54) is 23.1 Å². The van der Waals surface area contributed by atoms with E-state index >= 15 is 0 Å². The highest BCUT2D eigenvalue weighted by Gasteiger charge is 2.25. The molecule has 0 aromatic heterocycles. The Balaban J connectivity index is 0.000000422. The van der Waals surface area contributed by atoms with Gasteiger partial charge in [-0.05, 0) is 30.4 Å². The van der Waals surface area contributed by atoms with Gasteiger partial charge in [-0.25, -0.2) is 0 Å². The zero-order chi connectivity index (χ0) is 16.8. The lowest BCUT2D eigenvalue weighted by Gasteiger charge is -2.29. The summed E-state index contributed by atoms with van der Waals surface area (Å²) in [4.78, 5) is 0. The number of hydrogen-bond donors (Lipinski definition) is 1. The van der Waals surface area contributed by atoms with Crippen LogP contribution in [0.15, 0.2) is 48.1 Å². The van der Waals surface area contributed by atoms with Crippen LogP contribution in [0.3, 0.4) is 0 Å². The summed E-state index contributed by atoms with van der Waals surface area (Å²) in [6, 6.07) is 8.68. The Labute approximate surface area is 136 Å². The van der Waals surface area contributed by atoms with Gasteiger partial charge in [0.05, 0.1) is 6.10 Å². The maximum absolute atomic E-state index is 9.47. The lowest BCUT2D eigenvalue weighted by molar-refractivity contribution is 0.224. The monoisotopic (exact) mass is 300 g/mol. The van der Waals surface area contributed by atoms with Crippen molar-refractivity contribution in [2.24, 2.45) is 5.92 Å². The van der Waals surface area contributed by atoms with Crippen molar-refractivity contribution in [3.63, 3.8) is 0 Å². The van der Waals surface area contributed by atoms with Crippen LogP contribution in [0.1, 0.15) is 58.6 Å². The third kappa shape index (κ3) is 5.46. The Morgan fingerprint density at radius 2 is 1.73 bits per heavy atom. The first-order chi connectivity index (χ1) is 10.3. The molecule has 1 aromatic rings. The van der Waals surface area contributed by atoms with Crippen LogP contribution < -0.4 is 0 Å². The molecule has 1 unspecified atom stereocenters. The Hall–Kier alpha value is -1.34. The van der Waals surface area contributed by atoms with E-state index in [1.54, 1.807) is 0 Å². The van der Waals surface area contributed by atoms with Crippen LogP contribution in [-0.4, -0.2) is 11.2 Å². The summed E-state index contributed by atoms with van der Waals surface area (Å²) < 4.78 is 0. The van der Waals surface area contributed by atoms with Gasteiger partial charge >= 0.3 is 0 Å². The third-order valence-electron chi connectivity index (χ3n) is 4.39. The van der Waals surface area contributed by atoms with Crippen molar-refractivity contribution in [3.05, 3.63) is 59.2 Å². The van der Waals surface area contributed by atoms with Crippen molar-refractivity contribution in [1.82, 2.24) is 0 Å². The van der Waals surface area contributed by atoms with Gasteiger partial charge in [-0.2, -0.15) is 0 Å².